The fraction of sp³-hybridized carbons (Fsp3) is 0.385. The molecule has 4 heteroatoms. The smallest absolute Gasteiger partial charge is 0.225 e. The largest absolute Gasteiger partial charge is 0.497 e. The summed E-state index contributed by atoms with van der Waals surface area (Å²) in [5.74, 6) is 0.591. The van der Waals surface area contributed by atoms with Gasteiger partial charge in [-0.1, -0.05) is 12.1 Å². The van der Waals surface area contributed by atoms with Crippen molar-refractivity contribution in [2.75, 3.05) is 7.11 Å². The maximum Gasteiger partial charge on any atom is 0.225 e. The first-order chi connectivity index (χ1) is 7.96. The number of hydrogen-bond donors (Lipinski definition) is 1. The van der Waals surface area contributed by atoms with Crippen LogP contribution in [0, 0.1) is 11.3 Å². The number of carbonyl (C=O) groups excluding carboxylic acids is 1. The van der Waals surface area contributed by atoms with Crippen LogP contribution >= 0.6 is 0 Å². The van der Waals surface area contributed by atoms with Gasteiger partial charge < -0.3 is 10.1 Å². The third kappa shape index (κ3) is 4.15. The van der Waals surface area contributed by atoms with Gasteiger partial charge in [0, 0.05) is 0 Å². The van der Waals surface area contributed by atoms with Crippen LogP contribution in [0.1, 0.15) is 19.4 Å². The fourth-order valence-corrected chi connectivity index (χ4v) is 1.35. The van der Waals surface area contributed by atoms with E-state index in [1.54, 1.807) is 33.1 Å². The van der Waals surface area contributed by atoms with Crippen molar-refractivity contribution in [3.8, 4) is 11.8 Å². The van der Waals surface area contributed by atoms with E-state index in [1.165, 1.54) is 0 Å². The lowest BCUT2D eigenvalue weighted by atomic mass is 10.1. The number of ether oxygens (including phenoxy) is 1. The van der Waals surface area contributed by atoms with Crippen LogP contribution in [0.25, 0.3) is 0 Å². The Labute approximate surface area is 101 Å². The fourth-order valence-electron chi connectivity index (χ4n) is 1.35. The lowest BCUT2D eigenvalue weighted by Gasteiger charge is -2.17. The number of amides is 1. The zero-order valence-electron chi connectivity index (χ0n) is 10.3. The minimum Gasteiger partial charge on any atom is -0.497 e. The zero-order valence-corrected chi connectivity index (χ0v) is 10.3. The Hall–Kier alpha value is -2.02. The van der Waals surface area contributed by atoms with Gasteiger partial charge in [0.1, 0.15) is 11.3 Å². The highest BCUT2D eigenvalue weighted by Gasteiger charge is 2.19. The highest BCUT2D eigenvalue weighted by molar-refractivity contribution is 5.79. The number of benzene rings is 1. The summed E-state index contributed by atoms with van der Waals surface area (Å²) < 4.78 is 5.03. The summed E-state index contributed by atoms with van der Waals surface area (Å²) in [4.78, 5) is 11.6. The van der Waals surface area contributed by atoms with E-state index < -0.39 is 5.54 Å². The van der Waals surface area contributed by atoms with E-state index in [1.807, 2.05) is 18.2 Å². The molecule has 1 aromatic rings. The van der Waals surface area contributed by atoms with Crippen molar-refractivity contribution in [3.05, 3.63) is 29.8 Å². The summed E-state index contributed by atoms with van der Waals surface area (Å²) in [5.41, 5.74) is 0.0563. The lowest BCUT2D eigenvalue weighted by Crippen LogP contribution is -2.42. The van der Waals surface area contributed by atoms with Crippen LogP contribution in [-0.4, -0.2) is 18.6 Å². The number of methoxy groups -OCH3 is 1. The van der Waals surface area contributed by atoms with Crippen LogP contribution in [0.3, 0.4) is 0 Å². The predicted octanol–water partition coefficient (Wildman–Crippen LogP) is 1.66. The van der Waals surface area contributed by atoms with Gasteiger partial charge in [0.05, 0.1) is 19.6 Å². The van der Waals surface area contributed by atoms with E-state index in [-0.39, 0.29) is 12.3 Å². The van der Waals surface area contributed by atoms with Crippen molar-refractivity contribution in [2.45, 2.75) is 25.8 Å². The minimum absolute atomic E-state index is 0.165. The summed E-state index contributed by atoms with van der Waals surface area (Å²) in [5, 5.41) is 11.4. The Kier molecular flexibility index (Phi) is 4.11. The Balaban J connectivity index is 2.60. The van der Waals surface area contributed by atoms with E-state index >= 15 is 0 Å². The highest BCUT2D eigenvalue weighted by atomic mass is 16.5. The molecular weight excluding hydrogens is 216 g/mol. The van der Waals surface area contributed by atoms with Gasteiger partial charge in [-0.2, -0.15) is 5.26 Å². The quantitative estimate of drug-likeness (QED) is 0.858. The third-order valence-electron chi connectivity index (χ3n) is 2.26. The second kappa shape index (κ2) is 5.35. The average molecular weight is 232 g/mol. The summed E-state index contributed by atoms with van der Waals surface area (Å²) in [6.45, 7) is 3.33. The molecule has 0 unspecified atom stereocenters. The van der Waals surface area contributed by atoms with Gasteiger partial charge in [-0.25, -0.2) is 0 Å². The zero-order chi connectivity index (χ0) is 12.9. The Morgan fingerprint density at radius 2 is 2.00 bits per heavy atom. The first-order valence-electron chi connectivity index (χ1n) is 5.32. The molecule has 0 saturated heterocycles. The molecule has 1 amide bonds. The molecular formula is C13H16N2O2. The van der Waals surface area contributed by atoms with Crippen molar-refractivity contribution in [1.82, 2.24) is 5.32 Å². The monoisotopic (exact) mass is 232 g/mol. The number of nitrogens with zero attached hydrogens (tertiary/aromatic N) is 1. The van der Waals surface area contributed by atoms with Crippen molar-refractivity contribution >= 4 is 5.91 Å². The van der Waals surface area contributed by atoms with Gasteiger partial charge in [-0.05, 0) is 31.5 Å². The van der Waals surface area contributed by atoms with Gasteiger partial charge in [-0.3, -0.25) is 4.79 Å². The molecule has 0 fully saturated rings. The van der Waals surface area contributed by atoms with Crippen molar-refractivity contribution < 1.29 is 9.53 Å². The minimum atomic E-state index is -0.830. The summed E-state index contributed by atoms with van der Waals surface area (Å²) in [7, 11) is 1.59. The highest BCUT2D eigenvalue weighted by Crippen LogP contribution is 2.12. The predicted molar refractivity (Wildman–Crippen MR) is 64.5 cm³/mol. The number of nitriles is 1. The van der Waals surface area contributed by atoms with E-state index in [4.69, 9.17) is 10.00 Å². The van der Waals surface area contributed by atoms with Gasteiger partial charge in [0.2, 0.25) is 5.91 Å². The maximum absolute atomic E-state index is 11.6. The van der Waals surface area contributed by atoms with Crippen molar-refractivity contribution in [3.63, 3.8) is 0 Å². The van der Waals surface area contributed by atoms with Gasteiger partial charge in [-0.15, -0.1) is 0 Å². The SMILES string of the molecule is COc1ccc(CC(=O)NC(C)(C)C#N)cc1. The summed E-state index contributed by atoms with van der Waals surface area (Å²) in [6.07, 6.45) is 0.259. The molecule has 0 aliphatic rings. The van der Waals surface area contributed by atoms with Crippen molar-refractivity contribution in [1.29, 1.82) is 5.26 Å². The van der Waals surface area contributed by atoms with Crippen LogP contribution in [0.2, 0.25) is 0 Å². The van der Waals surface area contributed by atoms with E-state index in [0.717, 1.165) is 11.3 Å². The summed E-state index contributed by atoms with van der Waals surface area (Å²) in [6, 6.07) is 9.29. The molecule has 0 heterocycles. The van der Waals surface area contributed by atoms with Crippen LogP contribution in [0.15, 0.2) is 24.3 Å². The Bertz CT molecular complexity index is 430. The third-order valence-corrected chi connectivity index (χ3v) is 2.26. The first-order valence-corrected chi connectivity index (χ1v) is 5.32. The molecule has 0 atom stereocenters. The van der Waals surface area contributed by atoms with Gasteiger partial charge in [0.25, 0.3) is 0 Å². The van der Waals surface area contributed by atoms with Crippen LogP contribution in [-0.2, 0) is 11.2 Å². The second-order valence-corrected chi connectivity index (χ2v) is 4.31. The van der Waals surface area contributed by atoms with Gasteiger partial charge >= 0.3 is 0 Å². The summed E-state index contributed by atoms with van der Waals surface area (Å²) >= 11 is 0. The number of carbonyl (C=O) groups is 1. The molecule has 0 aliphatic heterocycles. The molecule has 1 aromatic carbocycles. The van der Waals surface area contributed by atoms with Crippen LogP contribution in [0.4, 0.5) is 0 Å². The lowest BCUT2D eigenvalue weighted by molar-refractivity contribution is -0.121. The molecule has 1 N–H and O–H groups in total. The van der Waals surface area contributed by atoms with E-state index in [0.29, 0.717) is 0 Å². The van der Waals surface area contributed by atoms with E-state index in [2.05, 4.69) is 5.32 Å². The molecule has 0 aliphatic carbocycles. The molecule has 1 rings (SSSR count). The number of nitrogens with one attached hydrogen (secondary N) is 1. The molecule has 0 saturated carbocycles. The average Bonchev–Trinajstić information content (AvgIpc) is 2.29. The second-order valence-electron chi connectivity index (χ2n) is 4.31. The number of rotatable bonds is 4. The first kappa shape index (κ1) is 13.0. The topological polar surface area (TPSA) is 62.1 Å². The molecule has 17 heavy (non-hydrogen) atoms. The molecule has 4 nitrogen and oxygen atoms in total. The maximum atomic E-state index is 11.6. The Morgan fingerprint density at radius 3 is 2.47 bits per heavy atom. The Morgan fingerprint density at radius 1 is 1.41 bits per heavy atom. The molecule has 0 aromatic heterocycles. The molecule has 90 valence electrons. The normalized spacial score (nSPS) is 10.5. The van der Waals surface area contributed by atoms with E-state index in [9.17, 15) is 4.79 Å². The van der Waals surface area contributed by atoms with Crippen LogP contribution < -0.4 is 10.1 Å². The molecule has 0 radical (unpaired) electrons. The van der Waals surface area contributed by atoms with Gasteiger partial charge in [0.15, 0.2) is 0 Å². The molecule has 0 bridgehead atoms. The molecule has 0 spiro atoms. The van der Waals surface area contributed by atoms with Crippen molar-refractivity contribution in [2.24, 2.45) is 0 Å². The standard InChI is InChI=1S/C13H16N2O2/c1-13(2,9-14)15-12(16)8-10-4-6-11(17-3)7-5-10/h4-7H,8H2,1-3H3,(H,15,16). The number of hydrogen-bond acceptors (Lipinski definition) is 3. The van der Waals surface area contributed by atoms with Crippen LogP contribution in [0.5, 0.6) is 5.75 Å².